The summed E-state index contributed by atoms with van der Waals surface area (Å²) in [6.07, 6.45) is 0. The molecule has 0 unspecified atom stereocenters. The summed E-state index contributed by atoms with van der Waals surface area (Å²) in [5.41, 5.74) is 2.03. The molecule has 27 heavy (non-hydrogen) atoms. The number of nitrogens with zero attached hydrogens (tertiary/aromatic N) is 2. The Kier molecular flexibility index (Phi) is 5.41. The molecule has 7 heteroatoms. The zero-order valence-corrected chi connectivity index (χ0v) is 16.6. The fraction of sp³-hybridized carbons (Fsp3) is 0.200. The van der Waals surface area contributed by atoms with Crippen LogP contribution in [0.4, 0.5) is 8.78 Å². The molecule has 0 aliphatic heterocycles. The van der Waals surface area contributed by atoms with Crippen LogP contribution in [0.2, 0.25) is 0 Å². The number of hydrogen-bond acceptors (Lipinski definition) is 3. The Morgan fingerprint density at radius 1 is 1.04 bits per heavy atom. The summed E-state index contributed by atoms with van der Waals surface area (Å²) in [6, 6.07) is 9.31. The average molecular weight is 435 g/mol. The van der Waals surface area contributed by atoms with E-state index in [-0.39, 0.29) is 28.1 Å². The molecule has 0 saturated carbocycles. The van der Waals surface area contributed by atoms with E-state index in [1.807, 2.05) is 32.0 Å². The molecule has 1 heterocycles. The van der Waals surface area contributed by atoms with E-state index in [2.05, 4.69) is 20.9 Å². The zero-order valence-electron chi connectivity index (χ0n) is 15.0. The second-order valence-corrected chi connectivity index (χ2v) is 6.94. The van der Waals surface area contributed by atoms with Crippen molar-refractivity contribution in [2.75, 3.05) is 0 Å². The third-order valence-corrected chi connectivity index (χ3v) is 4.92. The second kappa shape index (κ2) is 7.60. The van der Waals surface area contributed by atoms with Crippen LogP contribution in [0.25, 0.3) is 5.69 Å². The summed E-state index contributed by atoms with van der Waals surface area (Å²) in [5, 5.41) is 0. The minimum absolute atomic E-state index is 0.0114. The fourth-order valence-corrected chi connectivity index (χ4v) is 3.29. The average Bonchev–Trinajstić information content (AvgIpc) is 2.61. The highest BCUT2D eigenvalue weighted by Crippen LogP contribution is 2.25. The van der Waals surface area contributed by atoms with Crippen molar-refractivity contribution in [1.29, 1.82) is 0 Å². The van der Waals surface area contributed by atoms with E-state index in [9.17, 15) is 13.6 Å². The molecule has 0 spiro atoms. The molecule has 0 bridgehead atoms. The number of rotatable bonds is 4. The molecule has 3 aromatic rings. The molecular weight excluding hydrogens is 418 g/mol. The highest BCUT2D eigenvalue weighted by atomic mass is 79.9. The van der Waals surface area contributed by atoms with Crippen molar-refractivity contribution in [3.8, 4) is 11.6 Å². The molecule has 3 rings (SSSR count). The lowest BCUT2D eigenvalue weighted by Gasteiger charge is -2.17. The monoisotopic (exact) mass is 434 g/mol. The Hall–Kier alpha value is -2.54. The summed E-state index contributed by atoms with van der Waals surface area (Å²) < 4.78 is 34.6. The maximum Gasteiger partial charge on any atom is 0.276 e. The van der Waals surface area contributed by atoms with Gasteiger partial charge in [0.15, 0.2) is 0 Å². The van der Waals surface area contributed by atoms with Crippen molar-refractivity contribution in [2.45, 2.75) is 27.4 Å². The normalized spacial score (nSPS) is 10.9. The fourth-order valence-electron chi connectivity index (χ4n) is 2.91. The summed E-state index contributed by atoms with van der Waals surface area (Å²) in [5.74, 6) is -1.04. The Bertz CT molecular complexity index is 1040. The maximum atomic E-state index is 13.8. The van der Waals surface area contributed by atoms with Crippen LogP contribution in [0.3, 0.4) is 0 Å². The minimum Gasteiger partial charge on any atom is -0.472 e. The van der Waals surface area contributed by atoms with Crippen LogP contribution in [0.15, 0.2) is 45.7 Å². The van der Waals surface area contributed by atoms with Gasteiger partial charge in [0, 0.05) is 0 Å². The van der Waals surface area contributed by atoms with Crippen LogP contribution in [-0.2, 0) is 6.61 Å². The molecule has 1 aromatic heterocycles. The SMILES string of the molecule is Cc1cccc(C)c1-n1c(C)nc(OCc2c(F)cccc2F)c(Br)c1=O. The van der Waals surface area contributed by atoms with Crippen LogP contribution in [-0.4, -0.2) is 9.55 Å². The Morgan fingerprint density at radius 2 is 1.59 bits per heavy atom. The minimum atomic E-state index is -0.716. The quantitative estimate of drug-likeness (QED) is 0.593. The molecule has 0 N–H and O–H groups in total. The van der Waals surface area contributed by atoms with Gasteiger partial charge in [0.1, 0.15) is 28.5 Å². The standard InChI is InChI=1S/C20H17BrF2N2O2/c1-11-6-4-7-12(2)18(11)25-13(3)24-19(17(21)20(25)26)27-10-14-15(22)8-5-9-16(14)23/h4-9H,10H2,1-3H3. The number of aromatic nitrogens is 2. The predicted octanol–water partition coefficient (Wildman–Crippen LogP) is 4.78. The first-order chi connectivity index (χ1) is 12.8. The van der Waals surface area contributed by atoms with Crippen LogP contribution >= 0.6 is 15.9 Å². The summed E-state index contributed by atoms with van der Waals surface area (Å²) in [6.45, 7) is 5.12. The Balaban J connectivity index is 2.02. The van der Waals surface area contributed by atoms with Crippen molar-refractivity contribution in [3.05, 3.63) is 85.4 Å². The molecule has 0 amide bonds. The molecule has 2 aromatic carbocycles. The molecule has 4 nitrogen and oxygen atoms in total. The van der Waals surface area contributed by atoms with Gasteiger partial charge in [-0.05, 0) is 60.0 Å². The lowest BCUT2D eigenvalue weighted by Crippen LogP contribution is -2.25. The maximum absolute atomic E-state index is 13.8. The molecule has 0 atom stereocenters. The molecule has 0 aliphatic carbocycles. The zero-order chi connectivity index (χ0) is 19.7. The number of ether oxygens (including phenoxy) is 1. The van der Waals surface area contributed by atoms with E-state index >= 15 is 0 Å². The molecule has 0 saturated heterocycles. The first-order valence-electron chi connectivity index (χ1n) is 8.22. The molecule has 0 radical (unpaired) electrons. The number of halogens is 3. The van der Waals surface area contributed by atoms with Crippen LogP contribution in [0, 0.1) is 32.4 Å². The van der Waals surface area contributed by atoms with Crippen molar-refractivity contribution in [3.63, 3.8) is 0 Å². The van der Waals surface area contributed by atoms with Gasteiger partial charge in [0.2, 0.25) is 5.88 Å². The lowest BCUT2D eigenvalue weighted by atomic mass is 10.1. The largest absolute Gasteiger partial charge is 0.472 e. The van der Waals surface area contributed by atoms with Gasteiger partial charge < -0.3 is 4.74 Å². The van der Waals surface area contributed by atoms with Crippen molar-refractivity contribution >= 4 is 15.9 Å². The van der Waals surface area contributed by atoms with Crippen LogP contribution in [0.5, 0.6) is 5.88 Å². The topological polar surface area (TPSA) is 44.1 Å². The van der Waals surface area contributed by atoms with E-state index in [4.69, 9.17) is 4.74 Å². The highest BCUT2D eigenvalue weighted by molar-refractivity contribution is 9.10. The third-order valence-electron chi connectivity index (χ3n) is 4.24. The highest BCUT2D eigenvalue weighted by Gasteiger charge is 2.18. The van der Waals surface area contributed by atoms with E-state index in [1.165, 1.54) is 10.6 Å². The van der Waals surface area contributed by atoms with E-state index in [0.717, 1.165) is 28.9 Å². The molecular formula is C20H17BrF2N2O2. The van der Waals surface area contributed by atoms with Gasteiger partial charge in [-0.15, -0.1) is 0 Å². The van der Waals surface area contributed by atoms with E-state index in [1.54, 1.807) is 6.92 Å². The summed E-state index contributed by atoms with van der Waals surface area (Å²) in [7, 11) is 0. The van der Waals surface area contributed by atoms with Gasteiger partial charge in [-0.25, -0.2) is 8.78 Å². The smallest absolute Gasteiger partial charge is 0.276 e. The van der Waals surface area contributed by atoms with Gasteiger partial charge in [-0.3, -0.25) is 9.36 Å². The first kappa shape index (κ1) is 19.2. The number of para-hydroxylation sites is 1. The third kappa shape index (κ3) is 3.64. The van der Waals surface area contributed by atoms with Gasteiger partial charge in [0.25, 0.3) is 5.56 Å². The summed E-state index contributed by atoms with van der Waals surface area (Å²) in [4.78, 5) is 17.2. The lowest BCUT2D eigenvalue weighted by molar-refractivity contribution is 0.277. The van der Waals surface area contributed by atoms with Crippen LogP contribution in [0.1, 0.15) is 22.5 Å². The molecule has 0 aliphatic rings. The number of aryl methyl sites for hydroxylation is 3. The number of benzene rings is 2. The van der Waals surface area contributed by atoms with Gasteiger partial charge in [-0.1, -0.05) is 24.3 Å². The Labute approximate surface area is 163 Å². The van der Waals surface area contributed by atoms with Crippen molar-refractivity contribution in [1.82, 2.24) is 9.55 Å². The van der Waals surface area contributed by atoms with Gasteiger partial charge in [0.05, 0.1) is 11.3 Å². The summed E-state index contributed by atoms with van der Waals surface area (Å²) >= 11 is 3.21. The van der Waals surface area contributed by atoms with E-state index in [0.29, 0.717) is 5.82 Å². The van der Waals surface area contributed by atoms with Crippen LogP contribution < -0.4 is 10.3 Å². The molecule has 0 fully saturated rings. The predicted molar refractivity (Wildman–Crippen MR) is 102 cm³/mol. The van der Waals surface area contributed by atoms with E-state index < -0.39 is 11.6 Å². The first-order valence-corrected chi connectivity index (χ1v) is 9.02. The van der Waals surface area contributed by atoms with Gasteiger partial charge >= 0.3 is 0 Å². The molecule has 140 valence electrons. The van der Waals surface area contributed by atoms with Gasteiger partial charge in [-0.2, -0.15) is 4.98 Å². The van der Waals surface area contributed by atoms with Crippen molar-refractivity contribution < 1.29 is 13.5 Å². The Morgan fingerprint density at radius 3 is 2.19 bits per heavy atom. The van der Waals surface area contributed by atoms with Crippen molar-refractivity contribution in [2.24, 2.45) is 0 Å². The number of hydrogen-bond donors (Lipinski definition) is 0. The second-order valence-electron chi connectivity index (χ2n) is 6.15.